The van der Waals surface area contributed by atoms with E-state index in [1.54, 1.807) is 6.92 Å². The summed E-state index contributed by atoms with van der Waals surface area (Å²) in [6, 6.07) is 30.0. The van der Waals surface area contributed by atoms with Crippen LogP contribution in [-0.2, 0) is 48.2 Å². The lowest BCUT2D eigenvalue weighted by Gasteiger charge is -2.43. The SMILES string of the molecule is COC1(C)OC(O)C2C(O1)C(COCc1ccccc1)C(OCc1ccccc1)C2OCc1ccccc1. The quantitative estimate of drug-likeness (QED) is 0.394. The summed E-state index contributed by atoms with van der Waals surface area (Å²) in [7, 11) is 1.50. The van der Waals surface area contributed by atoms with Gasteiger partial charge in [-0.2, -0.15) is 0 Å². The van der Waals surface area contributed by atoms with Crippen LogP contribution in [0.5, 0.6) is 0 Å². The first-order valence-corrected chi connectivity index (χ1v) is 13.1. The van der Waals surface area contributed by atoms with Gasteiger partial charge in [-0.3, -0.25) is 4.74 Å². The first kappa shape index (κ1) is 27.0. The maximum Gasteiger partial charge on any atom is 0.282 e. The Balaban J connectivity index is 1.40. The number of fused-ring (bicyclic) bond motifs is 1. The molecule has 1 saturated carbocycles. The maximum atomic E-state index is 11.2. The van der Waals surface area contributed by atoms with Gasteiger partial charge in [0.1, 0.15) is 0 Å². The Hall–Kier alpha value is -2.62. The molecule has 1 heterocycles. The first-order valence-electron chi connectivity index (χ1n) is 13.1. The summed E-state index contributed by atoms with van der Waals surface area (Å²) in [5, 5.41) is 11.2. The van der Waals surface area contributed by atoms with Gasteiger partial charge in [-0.25, -0.2) is 0 Å². The highest BCUT2D eigenvalue weighted by Gasteiger charge is 2.61. The van der Waals surface area contributed by atoms with Crippen molar-refractivity contribution in [2.75, 3.05) is 13.7 Å². The molecular weight excluding hydrogens is 484 g/mol. The van der Waals surface area contributed by atoms with Gasteiger partial charge in [-0.05, 0) is 16.7 Å². The van der Waals surface area contributed by atoms with Gasteiger partial charge >= 0.3 is 0 Å². The minimum Gasteiger partial charge on any atom is -0.376 e. The molecule has 1 saturated heterocycles. The van der Waals surface area contributed by atoms with Gasteiger partial charge in [0.05, 0.1) is 50.7 Å². The van der Waals surface area contributed by atoms with Crippen molar-refractivity contribution in [3.05, 3.63) is 108 Å². The summed E-state index contributed by atoms with van der Waals surface area (Å²) in [6.45, 7) is 3.23. The van der Waals surface area contributed by atoms with Crippen LogP contribution < -0.4 is 0 Å². The molecular formula is C31H36O7. The van der Waals surface area contributed by atoms with E-state index in [0.29, 0.717) is 26.4 Å². The number of hydrogen-bond donors (Lipinski definition) is 1. The predicted octanol–water partition coefficient (Wildman–Crippen LogP) is 4.67. The van der Waals surface area contributed by atoms with Crippen LogP contribution in [0.25, 0.3) is 0 Å². The highest BCUT2D eigenvalue weighted by Crippen LogP contribution is 2.47. The Morgan fingerprint density at radius 3 is 1.74 bits per heavy atom. The van der Waals surface area contributed by atoms with Crippen LogP contribution in [0.2, 0.25) is 0 Å². The number of aliphatic hydroxyl groups excluding tert-OH is 1. The molecule has 7 atom stereocenters. The second-order valence-corrected chi connectivity index (χ2v) is 9.92. The van der Waals surface area contributed by atoms with Crippen molar-refractivity contribution in [3.8, 4) is 0 Å². The highest BCUT2D eigenvalue weighted by molar-refractivity contribution is 5.16. The van der Waals surface area contributed by atoms with Crippen molar-refractivity contribution in [1.82, 2.24) is 0 Å². The maximum absolute atomic E-state index is 11.2. The summed E-state index contributed by atoms with van der Waals surface area (Å²) in [5.74, 6) is -2.12. The Labute approximate surface area is 224 Å². The average molecular weight is 521 g/mol. The van der Waals surface area contributed by atoms with Gasteiger partial charge in [-0.1, -0.05) is 91.0 Å². The van der Waals surface area contributed by atoms with Crippen LogP contribution in [0, 0.1) is 11.8 Å². The molecule has 2 aliphatic rings. The third-order valence-electron chi connectivity index (χ3n) is 7.30. The van der Waals surface area contributed by atoms with E-state index in [4.69, 9.17) is 28.4 Å². The summed E-state index contributed by atoms with van der Waals surface area (Å²) < 4.78 is 36.9. The first-order chi connectivity index (χ1) is 18.6. The Bertz CT molecular complexity index is 1110. The van der Waals surface area contributed by atoms with Crippen molar-refractivity contribution < 1.29 is 33.5 Å². The second-order valence-electron chi connectivity index (χ2n) is 9.92. The fraction of sp³-hybridized carbons (Fsp3) is 0.419. The molecule has 5 rings (SSSR count). The second kappa shape index (κ2) is 12.5. The van der Waals surface area contributed by atoms with E-state index in [1.165, 1.54) is 7.11 Å². The molecule has 0 bridgehead atoms. The van der Waals surface area contributed by atoms with Crippen LogP contribution in [0.1, 0.15) is 23.6 Å². The van der Waals surface area contributed by atoms with E-state index < -0.39 is 36.5 Å². The number of ether oxygens (including phenoxy) is 6. The van der Waals surface area contributed by atoms with Crippen LogP contribution in [0.15, 0.2) is 91.0 Å². The number of benzene rings is 3. The third kappa shape index (κ3) is 6.33. The molecule has 1 N–H and O–H groups in total. The Morgan fingerprint density at radius 1 is 0.711 bits per heavy atom. The zero-order valence-electron chi connectivity index (χ0n) is 21.8. The van der Waals surface area contributed by atoms with Gasteiger partial charge in [0.25, 0.3) is 5.97 Å². The summed E-state index contributed by atoms with van der Waals surface area (Å²) in [6.07, 6.45) is -2.55. The van der Waals surface area contributed by atoms with Crippen molar-refractivity contribution in [3.63, 3.8) is 0 Å². The summed E-state index contributed by atoms with van der Waals surface area (Å²) >= 11 is 0. The lowest BCUT2D eigenvalue weighted by molar-refractivity contribution is -0.458. The normalized spacial score (nSPS) is 30.7. The molecule has 3 aromatic carbocycles. The van der Waals surface area contributed by atoms with E-state index in [0.717, 1.165) is 16.7 Å². The molecule has 1 aliphatic carbocycles. The zero-order chi connectivity index (χ0) is 26.4. The minimum atomic E-state index is -1.39. The average Bonchev–Trinajstić information content (AvgIpc) is 3.24. The predicted molar refractivity (Wildman–Crippen MR) is 140 cm³/mol. The zero-order valence-corrected chi connectivity index (χ0v) is 21.8. The summed E-state index contributed by atoms with van der Waals surface area (Å²) in [4.78, 5) is 0. The molecule has 2 fully saturated rings. The van der Waals surface area contributed by atoms with E-state index >= 15 is 0 Å². The molecule has 3 aromatic rings. The lowest BCUT2D eigenvalue weighted by atomic mass is 9.98. The fourth-order valence-electron chi connectivity index (χ4n) is 5.32. The van der Waals surface area contributed by atoms with Crippen LogP contribution in [-0.4, -0.2) is 49.4 Å². The largest absolute Gasteiger partial charge is 0.376 e. The molecule has 38 heavy (non-hydrogen) atoms. The van der Waals surface area contributed by atoms with Gasteiger partial charge in [0.2, 0.25) is 0 Å². The van der Waals surface area contributed by atoms with Crippen molar-refractivity contribution in [1.29, 1.82) is 0 Å². The number of rotatable bonds is 11. The monoisotopic (exact) mass is 520 g/mol. The molecule has 0 aromatic heterocycles. The molecule has 7 unspecified atom stereocenters. The van der Waals surface area contributed by atoms with E-state index in [2.05, 4.69) is 0 Å². The summed E-state index contributed by atoms with van der Waals surface area (Å²) in [5.41, 5.74) is 3.16. The molecule has 0 radical (unpaired) electrons. The van der Waals surface area contributed by atoms with Crippen molar-refractivity contribution >= 4 is 0 Å². The van der Waals surface area contributed by atoms with Crippen LogP contribution in [0.3, 0.4) is 0 Å². The van der Waals surface area contributed by atoms with E-state index in [-0.39, 0.29) is 5.92 Å². The molecule has 7 nitrogen and oxygen atoms in total. The topological polar surface area (TPSA) is 75.6 Å². The van der Waals surface area contributed by atoms with E-state index in [1.807, 2.05) is 91.0 Å². The molecule has 0 spiro atoms. The smallest absolute Gasteiger partial charge is 0.282 e. The van der Waals surface area contributed by atoms with Crippen LogP contribution >= 0.6 is 0 Å². The number of hydrogen-bond acceptors (Lipinski definition) is 7. The molecule has 7 heteroatoms. The van der Waals surface area contributed by atoms with Crippen molar-refractivity contribution in [2.24, 2.45) is 11.8 Å². The van der Waals surface area contributed by atoms with Gasteiger partial charge < -0.3 is 28.8 Å². The molecule has 1 aliphatic heterocycles. The number of aliphatic hydroxyl groups is 1. The Kier molecular flexibility index (Phi) is 8.86. The standard InChI is InChI=1S/C31H36O7/c1-31(33-2)37-27-25(21-34-18-22-12-6-3-7-13-22)28(35-19-23-14-8-4-9-15-23)29(26(27)30(32)38-31)36-20-24-16-10-5-11-17-24/h3-17,25-30,32H,18-21H2,1-2H3. The number of methoxy groups -OCH3 is 1. The van der Waals surface area contributed by atoms with Gasteiger partial charge in [-0.15, -0.1) is 0 Å². The lowest BCUT2D eigenvalue weighted by Crippen LogP contribution is -2.55. The molecule has 0 amide bonds. The molecule has 202 valence electrons. The fourth-order valence-corrected chi connectivity index (χ4v) is 5.32. The van der Waals surface area contributed by atoms with E-state index in [9.17, 15) is 5.11 Å². The third-order valence-corrected chi connectivity index (χ3v) is 7.30. The van der Waals surface area contributed by atoms with Crippen molar-refractivity contribution in [2.45, 2.75) is 57.3 Å². The van der Waals surface area contributed by atoms with Gasteiger partial charge in [0.15, 0.2) is 6.29 Å². The van der Waals surface area contributed by atoms with Gasteiger partial charge in [0, 0.05) is 20.0 Å². The minimum absolute atomic E-state index is 0.235. The highest BCUT2D eigenvalue weighted by atomic mass is 16.9. The van der Waals surface area contributed by atoms with Crippen LogP contribution in [0.4, 0.5) is 0 Å². The Morgan fingerprint density at radius 2 is 1.21 bits per heavy atom.